The summed E-state index contributed by atoms with van der Waals surface area (Å²) in [6, 6.07) is 8.15. The molecule has 2 rings (SSSR count). The first-order valence-electron chi connectivity index (χ1n) is 5.55. The fourth-order valence-electron chi connectivity index (χ4n) is 1.25. The number of anilines is 1. The molecule has 0 bridgehead atoms. The maximum atomic E-state index is 9.00. The van der Waals surface area contributed by atoms with Gasteiger partial charge in [0, 0.05) is 26.1 Å². The predicted molar refractivity (Wildman–Crippen MR) is 71.5 cm³/mol. The summed E-state index contributed by atoms with van der Waals surface area (Å²) < 4.78 is 0. The Bertz CT molecular complexity index is 403. The van der Waals surface area contributed by atoms with E-state index in [1.807, 2.05) is 18.2 Å². The van der Waals surface area contributed by atoms with Gasteiger partial charge in [-0.2, -0.15) is 0 Å². The molecule has 1 aliphatic heterocycles. The van der Waals surface area contributed by atoms with Crippen LogP contribution < -0.4 is 16.4 Å². The highest BCUT2D eigenvalue weighted by atomic mass is 16.4. The molecule has 19 heavy (non-hydrogen) atoms. The summed E-state index contributed by atoms with van der Waals surface area (Å²) in [4.78, 5) is 18.0. The molecule has 7 nitrogen and oxygen atoms in total. The quantitative estimate of drug-likeness (QED) is 0.467. The zero-order chi connectivity index (χ0) is 14.8. The highest BCUT2D eigenvalue weighted by Gasteiger charge is 2.10. The number of hydrogen-bond acceptors (Lipinski definition) is 5. The van der Waals surface area contributed by atoms with Crippen molar-refractivity contribution < 1.29 is 19.8 Å². The molecule has 1 atom stereocenters. The number of nitrogens with two attached hydrogens (primary N) is 1. The molecule has 0 saturated carbocycles. The maximum absolute atomic E-state index is 9.00. The first-order valence-corrected chi connectivity index (χ1v) is 5.55. The van der Waals surface area contributed by atoms with Crippen LogP contribution in [0.5, 0.6) is 0 Å². The highest BCUT2D eigenvalue weighted by molar-refractivity contribution is 5.63. The maximum Gasteiger partial charge on any atom is 0.300 e. The van der Waals surface area contributed by atoms with Crippen LogP contribution >= 0.6 is 0 Å². The molecule has 1 unspecified atom stereocenters. The molecule has 0 aromatic heterocycles. The number of carboxylic acids is 2. The fraction of sp³-hybridized carbons (Fsp3) is 0.333. The van der Waals surface area contributed by atoms with Crippen LogP contribution in [0.15, 0.2) is 24.3 Å². The van der Waals surface area contributed by atoms with E-state index in [9.17, 15) is 0 Å². The molecule has 0 saturated heterocycles. The first-order chi connectivity index (χ1) is 8.82. The summed E-state index contributed by atoms with van der Waals surface area (Å²) in [5, 5.41) is 21.1. The van der Waals surface area contributed by atoms with E-state index in [0.717, 1.165) is 26.1 Å². The standard InChI is InChI=1S/C8H11N3.2C2H4O2/c9-8-10-5-6-3-1-2-4-7(6)11-8;2*1-2(3)4/h1-4,8,10-11H,5,9H2;2*1H3,(H,3,4). The lowest BCUT2D eigenvalue weighted by molar-refractivity contribution is -0.135. The normalized spacial score (nSPS) is 15.4. The van der Waals surface area contributed by atoms with Gasteiger partial charge in [-0.1, -0.05) is 18.2 Å². The number of aliphatic carboxylic acids is 2. The Kier molecular flexibility index (Phi) is 7.90. The van der Waals surface area contributed by atoms with Crippen LogP contribution in [0.1, 0.15) is 19.4 Å². The summed E-state index contributed by atoms with van der Waals surface area (Å²) >= 11 is 0. The Balaban J connectivity index is 0.000000342. The lowest BCUT2D eigenvalue weighted by Crippen LogP contribution is -2.46. The van der Waals surface area contributed by atoms with Crippen molar-refractivity contribution >= 4 is 17.6 Å². The van der Waals surface area contributed by atoms with E-state index in [4.69, 9.17) is 25.5 Å². The van der Waals surface area contributed by atoms with Gasteiger partial charge in [0.05, 0.1) is 0 Å². The van der Waals surface area contributed by atoms with Gasteiger partial charge in [-0.25, -0.2) is 0 Å². The van der Waals surface area contributed by atoms with E-state index in [1.165, 1.54) is 5.56 Å². The second-order valence-corrected chi connectivity index (χ2v) is 3.70. The van der Waals surface area contributed by atoms with E-state index in [1.54, 1.807) is 0 Å². The monoisotopic (exact) mass is 269 g/mol. The van der Waals surface area contributed by atoms with E-state index >= 15 is 0 Å². The number of fused-ring (bicyclic) bond motifs is 1. The van der Waals surface area contributed by atoms with E-state index in [-0.39, 0.29) is 6.29 Å². The third-order valence-electron chi connectivity index (χ3n) is 1.84. The van der Waals surface area contributed by atoms with Crippen molar-refractivity contribution in [1.29, 1.82) is 0 Å². The minimum Gasteiger partial charge on any atom is -0.481 e. The zero-order valence-corrected chi connectivity index (χ0v) is 10.9. The average Bonchev–Trinajstić information content (AvgIpc) is 2.27. The summed E-state index contributed by atoms with van der Waals surface area (Å²) in [5.74, 6) is -1.67. The van der Waals surface area contributed by atoms with E-state index in [2.05, 4.69) is 16.7 Å². The molecule has 0 aliphatic carbocycles. The van der Waals surface area contributed by atoms with Crippen LogP contribution in [-0.2, 0) is 16.1 Å². The van der Waals surface area contributed by atoms with Gasteiger partial charge in [0.25, 0.3) is 11.9 Å². The van der Waals surface area contributed by atoms with Crippen molar-refractivity contribution in [2.24, 2.45) is 5.73 Å². The summed E-state index contributed by atoms with van der Waals surface area (Å²) in [7, 11) is 0. The molecular formula is C12H19N3O4. The van der Waals surface area contributed by atoms with Gasteiger partial charge < -0.3 is 15.5 Å². The molecule has 0 fully saturated rings. The van der Waals surface area contributed by atoms with Crippen LogP contribution in [0.3, 0.4) is 0 Å². The van der Waals surface area contributed by atoms with E-state index in [0.29, 0.717) is 0 Å². The third kappa shape index (κ3) is 9.57. The Morgan fingerprint density at radius 1 is 1.21 bits per heavy atom. The average molecular weight is 269 g/mol. The molecule has 106 valence electrons. The van der Waals surface area contributed by atoms with Crippen LogP contribution in [0.4, 0.5) is 5.69 Å². The Hall–Kier alpha value is -2.12. The van der Waals surface area contributed by atoms with Crippen molar-refractivity contribution in [2.45, 2.75) is 26.7 Å². The molecule has 0 spiro atoms. The smallest absolute Gasteiger partial charge is 0.300 e. The van der Waals surface area contributed by atoms with Crippen LogP contribution in [0, 0.1) is 0 Å². The Labute approximate surface area is 111 Å². The molecule has 0 amide bonds. The summed E-state index contributed by atoms with van der Waals surface area (Å²) in [6.07, 6.45) is -0.107. The number of para-hydroxylation sites is 1. The second kappa shape index (κ2) is 8.90. The third-order valence-corrected chi connectivity index (χ3v) is 1.84. The van der Waals surface area contributed by atoms with Crippen molar-refractivity contribution in [3.63, 3.8) is 0 Å². The molecular weight excluding hydrogens is 250 g/mol. The molecule has 1 aliphatic rings. The highest BCUT2D eigenvalue weighted by Crippen LogP contribution is 2.17. The van der Waals surface area contributed by atoms with Gasteiger partial charge in [0.2, 0.25) is 0 Å². The van der Waals surface area contributed by atoms with Gasteiger partial charge in [-0.05, 0) is 11.6 Å². The summed E-state index contributed by atoms with van der Waals surface area (Å²) in [5.41, 5.74) is 8.04. The second-order valence-electron chi connectivity index (χ2n) is 3.70. The molecule has 6 N–H and O–H groups in total. The Morgan fingerprint density at radius 2 is 1.68 bits per heavy atom. The van der Waals surface area contributed by atoms with Gasteiger partial charge in [-0.3, -0.25) is 20.6 Å². The zero-order valence-electron chi connectivity index (χ0n) is 10.9. The number of carboxylic acid groups (broad SMARTS) is 2. The minimum atomic E-state index is -0.833. The molecule has 7 heteroatoms. The van der Waals surface area contributed by atoms with Gasteiger partial charge in [0.15, 0.2) is 0 Å². The topological polar surface area (TPSA) is 125 Å². The molecule has 0 radical (unpaired) electrons. The lowest BCUT2D eigenvalue weighted by Gasteiger charge is -2.24. The minimum absolute atomic E-state index is 0.107. The van der Waals surface area contributed by atoms with Crippen molar-refractivity contribution in [2.75, 3.05) is 5.32 Å². The van der Waals surface area contributed by atoms with Crippen LogP contribution in [0.25, 0.3) is 0 Å². The first kappa shape index (κ1) is 16.9. The number of nitrogens with one attached hydrogen (secondary N) is 2. The Morgan fingerprint density at radius 3 is 2.21 bits per heavy atom. The fourth-order valence-corrected chi connectivity index (χ4v) is 1.25. The van der Waals surface area contributed by atoms with Crippen molar-refractivity contribution in [3.8, 4) is 0 Å². The largest absolute Gasteiger partial charge is 0.481 e. The van der Waals surface area contributed by atoms with Crippen LogP contribution in [-0.4, -0.2) is 28.4 Å². The van der Waals surface area contributed by atoms with Crippen molar-refractivity contribution in [1.82, 2.24) is 5.32 Å². The van der Waals surface area contributed by atoms with Gasteiger partial charge in [-0.15, -0.1) is 0 Å². The van der Waals surface area contributed by atoms with E-state index < -0.39 is 11.9 Å². The molecule has 1 aromatic rings. The number of benzene rings is 1. The number of rotatable bonds is 0. The molecule has 1 aromatic carbocycles. The number of hydrogen-bond donors (Lipinski definition) is 5. The summed E-state index contributed by atoms with van der Waals surface area (Å²) in [6.45, 7) is 3.02. The van der Waals surface area contributed by atoms with Gasteiger partial charge in [0.1, 0.15) is 6.29 Å². The number of carbonyl (C=O) groups is 2. The predicted octanol–water partition coefficient (Wildman–Crippen LogP) is 0.626. The molecule has 1 heterocycles. The van der Waals surface area contributed by atoms with Crippen molar-refractivity contribution in [3.05, 3.63) is 29.8 Å². The SMILES string of the molecule is CC(=O)O.CC(=O)O.NC1NCc2ccccc2N1. The van der Waals surface area contributed by atoms with Crippen LogP contribution in [0.2, 0.25) is 0 Å². The van der Waals surface area contributed by atoms with Gasteiger partial charge >= 0.3 is 0 Å². The lowest BCUT2D eigenvalue weighted by atomic mass is 10.1.